The number of carbonyl (C=O) groups excluding carboxylic acids is 2. The summed E-state index contributed by atoms with van der Waals surface area (Å²) in [7, 11) is -3.70. The maximum absolute atomic E-state index is 13.3. The minimum atomic E-state index is -3.70. The van der Waals surface area contributed by atoms with Gasteiger partial charge in [0.25, 0.3) is 15.9 Å². The number of thiazole rings is 1. The average molecular weight is 507 g/mol. The molecule has 3 heterocycles. The van der Waals surface area contributed by atoms with Crippen molar-refractivity contribution in [2.24, 2.45) is 5.41 Å². The smallest absolute Gasteiger partial charge is 0.254 e. The van der Waals surface area contributed by atoms with Gasteiger partial charge in [-0.15, -0.1) is 0 Å². The minimum Gasteiger partial charge on any atom is -0.494 e. The Balaban J connectivity index is 1.39. The Morgan fingerprint density at radius 3 is 2.41 bits per heavy atom. The third kappa shape index (κ3) is 4.96. The summed E-state index contributed by atoms with van der Waals surface area (Å²) in [5.74, 6) is 0.444. The molecule has 2 amide bonds. The predicted octanol–water partition coefficient (Wildman–Crippen LogP) is 3.13. The van der Waals surface area contributed by atoms with Gasteiger partial charge in [0.15, 0.2) is 9.34 Å². The fraction of sp³-hybridized carbons (Fsp3) is 0.522. The van der Waals surface area contributed by atoms with Gasteiger partial charge in [0.1, 0.15) is 5.75 Å². The molecular formula is C23H30N4O5S2. The normalized spacial score (nSPS) is 18.3. The topological polar surface area (TPSA) is 109 Å². The van der Waals surface area contributed by atoms with E-state index in [2.05, 4.69) is 10.3 Å². The molecule has 0 unspecified atom stereocenters. The quantitative estimate of drug-likeness (QED) is 0.645. The van der Waals surface area contributed by atoms with Crippen LogP contribution in [0.15, 0.2) is 28.5 Å². The number of benzene rings is 1. The van der Waals surface area contributed by atoms with Crippen LogP contribution in [0.4, 0.5) is 5.13 Å². The molecule has 4 rings (SSSR count). The van der Waals surface area contributed by atoms with Crippen LogP contribution in [0.2, 0.25) is 0 Å². The summed E-state index contributed by atoms with van der Waals surface area (Å²) in [5, 5.41) is 2.86. The highest BCUT2D eigenvalue weighted by Gasteiger charge is 2.46. The molecule has 0 radical (unpaired) electrons. The highest BCUT2D eigenvalue weighted by Crippen LogP contribution is 2.43. The summed E-state index contributed by atoms with van der Waals surface area (Å²) < 4.78 is 33.8. The fourth-order valence-electron chi connectivity index (χ4n) is 4.68. The summed E-state index contributed by atoms with van der Waals surface area (Å²) in [4.78, 5) is 30.3. The number of aromatic nitrogens is 1. The van der Waals surface area contributed by atoms with Crippen molar-refractivity contribution in [1.29, 1.82) is 0 Å². The Kier molecular flexibility index (Phi) is 6.97. The van der Waals surface area contributed by atoms with E-state index in [1.165, 1.54) is 11.2 Å². The molecule has 2 fully saturated rings. The zero-order chi connectivity index (χ0) is 24.5. The van der Waals surface area contributed by atoms with Crippen LogP contribution in [0.25, 0.3) is 0 Å². The molecule has 2 aromatic rings. The van der Waals surface area contributed by atoms with Gasteiger partial charge in [-0.05, 0) is 62.8 Å². The molecule has 0 bridgehead atoms. The van der Waals surface area contributed by atoms with Gasteiger partial charge >= 0.3 is 0 Å². The molecule has 9 nitrogen and oxygen atoms in total. The number of rotatable bonds is 6. The molecule has 2 aliphatic heterocycles. The van der Waals surface area contributed by atoms with E-state index in [9.17, 15) is 18.0 Å². The Labute approximate surface area is 204 Å². The van der Waals surface area contributed by atoms with Gasteiger partial charge in [-0.25, -0.2) is 13.4 Å². The summed E-state index contributed by atoms with van der Waals surface area (Å²) in [6, 6.07) is 7.18. The van der Waals surface area contributed by atoms with Crippen LogP contribution in [-0.4, -0.2) is 67.2 Å². The van der Waals surface area contributed by atoms with Gasteiger partial charge in [0, 0.05) is 38.7 Å². The number of sulfonamides is 1. The Morgan fingerprint density at radius 1 is 1.15 bits per heavy atom. The molecule has 0 saturated carbocycles. The first-order chi connectivity index (χ1) is 16.1. The van der Waals surface area contributed by atoms with E-state index in [1.807, 2.05) is 11.8 Å². The highest BCUT2D eigenvalue weighted by atomic mass is 32.2. The number of aryl methyl sites for hydroxylation is 1. The van der Waals surface area contributed by atoms with E-state index in [0.717, 1.165) is 36.3 Å². The molecule has 1 N–H and O–H groups in total. The molecule has 0 atom stereocenters. The lowest BCUT2D eigenvalue weighted by atomic mass is 9.78. The molecule has 0 aliphatic carbocycles. The average Bonchev–Trinajstić information content (AvgIpc) is 3.38. The van der Waals surface area contributed by atoms with Crippen molar-refractivity contribution in [2.75, 3.05) is 38.1 Å². The number of carbonyl (C=O) groups is 2. The standard InChI is InChI=1S/C23H30N4O5S2/c1-4-32-19-7-5-18(6-8-19)20(29)26-12-9-23(10-13-26)11-14-27(15-23)34(30,31)21-16(2)24-22(33-21)25-17(3)28/h5-8H,4,9-15H2,1-3H3,(H,24,25,28). The van der Waals surface area contributed by atoms with Crippen LogP contribution in [0.3, 0.4) is 0 Å². The molecular weight excluding hydrogens is 476 g/mol. The first kappa shape index (κ1) is 24.6. The summed E-state index contributed by atoms with van der Waals surface area (Å²) in [6.07, 6.45) is 2.30. The number of nitrogens with zero attached hydrogens (tertiary/aromatic N) is 3. The second-order valence-electron chi connectivity index (χ2n) is 8.91. The molecule has 2 saturated heterocycles. The molecule has 11 heteroatoms. The van der Waals surface area contributed by atoms with E-state index >= 15 is 0 Å². The Bertz CT molecular complexity index is 1170. The van der Waals surface area contributed by atoms with Crippen LogP contribution in [0, 0.1) is 12.3 Å². The maximum Gasteiger partial charge on any atom is 0.254 e. The lowest BCUT2D eigenvalue weighted by Crippen LogP contribution is -2.44. The van der Waals surface area contributed by atoms with Crippen molar-refractivity contribution in [1.82, 2.24) is 14.2 Å². The van der Waals surface area contributed by atoms with Crippen molar-refractivity contribution in [3.05, 3.63) is 35.5 Å². The fourth-order valence-corrected chi connectivity index (χ4v) is 7.83. The van der Waals surface area contributed by atoms with E-state index < -0.39 is 10.0 Å². The molecule has 184 valence electrons. The number of hydrogen-bond donors (Lipinski definition) is 1. The summed E-state index contributed by atoms with van der Waals surface area (Å²) >= 11 is 0.988. The number of likely N-dealkylation sites (tertiary alicyclic amines) is 1. The van der Waals surface area contributed by atoms with Crippen molar-refractivity contribution in [3.63, 3.8) is 0 Å². The number of piperidine rings is 1. The zero-order valence-electron chi connectivity index (χ0n) is 19.7. The van der Waals surface area contributed by atoms with Crippen LogP contribution in [-0.2, 0) is 14.8 Å². The van der Waals surface area contributed by atoms with Crippen molar-refractivity contribution in [2.45, 2.75) is 44.2 Å². The van der Waals surface area contributed by atoms with Crippen molar-refractivity contribution in [3.8, 4) is 5.75 Å². The largest absolute Gasteiger partial charge is 0.494 e. The van der Waals surface area contributed by atoms with Crippen LogP contribution < -0.4 is 10.1 Å². The second-order valence-corrected chi connectivity index (χ2v) is 12.0. The first-order valence-electron chi connectivity index (χ1n) is 11.4. The van der Waals surface area contributed by atoms with Crippen LogP contribution in [0.5, 0.6) is 5.75 Å². The highest BCUT2D eigenvalue weighted by molar-refractivity contribution is 7.91. The predicted molar refractivity (Wildman–Crippen MR) is 130 cm³/mol. The van der Waals surface area contributed by atoms with Gasteiger partial charge in [0.05, 0.1) is 12.3 Å². The van der Waals surface area contributed by atoms with Gasteiger partial charge < -0.3 is 15.0 Å². The molecule has 2 aliphatic rings. The Morgan fingerprint density at radius 2 is 1.79 bits per heavy atom. The van der Waals surface area contributed by atoms with Gasteiger partial charge in [-0.2, -0.15) is 4.31 Å². The maximum atomic E-state index is 13.3. The summed E-state index contributed by atoms with van der Waals surface area (Å²) in [6.45, 7) is 7.59. The van der Waals surface area contributed by atoms with E-state index in [4.69, 9.17) is 4.74 Å². The third-order valence-electron chi connectivity index (χ3n) is 6.54. The van der Waals surface area contributed by atoms with Crippen LogP contribution in [0.1, 0.15) is 49.2 Å². The first-order valence-corrected chi connectivity index (χ1v) is 13.7. The molecule has 1 aromatic carbocycles. The molecule has 1 spiro atoms. The third-order valence-corrected chi connectivity index (χ3v) is 10.0. The lowest BCUT2D eigenvalue weighted by Gasteiger charge is -2.39. The van der Waals surface area contributed by atoms with E-state index in [0.29, 0.717) is 49.2 Å². The monoisotopic (exact) mass is 506 g/mol. The number of anilines is 1. The SMILES string of the molecule is CCOc1ccc(C(=O)N2CCC3(CC2)CCN(S(=O)(=O)c2sc(NC(C)=O)nc2C)C3)cc1. The summed E-state index contributed by atoms with van der Waals surface area (Å²) in [5.41, 5.74) is 0.901. The van der Waals surface area contributed by atoms with E-state index in [-0.39, 0.29) is 21.4 Å². The molecule has 34 heavy (non-hydrogen) atoms. The number of nitrogens with one attached hydrogen (secondary N) is 1. The number of ether oxygens (including phenoxy) is 1. The van der Waals surface area contributed by atoms with Gasteiger partial charge in [-0.3, -0.25) is 9.59 Å². The van der Waals surface area contributed by atoms with Crippen molar-refractivity contribution < 1.29 is 22.7 Å². The zero-order valence-corrected chi connectivity index (χ0v) is 21.3. The Hall–Kier alpha value is -2.50. The van der Waals surface area contributed by atoms with Gasteiger partial charge in [0.2, 0.25) is 5.91 Å². The van der Waals surface area contributed by atoms with Crippen LogP contribution >= 0.6 is 11.3 Å². The number of hydrogen-bond acceptors (Lipinski definition) is 7. The second kappa shape index (κ2) is 9.63. The lowest BCUT2D eigenvalue weighted by molar-refractivity contribution is -0.114. The van der Waals surface area contributed by atoms with Crippen molar-refractivity contribution >= 4 is 38.3 Å². The molecule has 1 aromatic heterocycles. The number of amides is 2. The van der Waals surface area contributed by atoms with Gasteiger partial charge in [-0.1, -0.05) is 11.3 Å². The minimum absolute atomic E-state index is 0.00819. The van der Waals surface area contributed by atoms with E-state index in [1.54, 1.807) is 31.2 Å².